The van der Waals surface area contributed by atoms with E-state index in [-0.39, 0.29) is 9.92 Å². The second kappa shape index (κ2) is 6.67. The van der Waals surface area contributed by atoms with Crippen molar-refractivity contribution in [1.82, 2.24) is 9.62 Å². The van der Waals surface area contributed by atoms with Crippen LogP contribution < -0.4 is 5.32 Å². The molecule has 1 heterocycles. The molecule has 1 aliphatic heterocycles. The summed E-state index contributed by atoms with van der Waals surface area (Å²) in [5, 5.41) is 3.56. The van der Waals surface area contributed by atoms with Gasteiger partial charge in [-0.05, 0) is 38.1 Å². The molecule has 2 rings (SSSR count). The van der Waals surface area contributed by atoms with Crippen molar-refractivity contribution in [3.63, 3.8) is 0 Å². The standard InChI is InChI=1S/C14H18Cl2N2O2S/c1-10-3-5-18(6-4-10)21(19,20)13-8-12(15)7-11(9-17-2)14(13)16/h3,7-8,17H,4-6,9H2,1-2H3. The fourth-order valence-electron chi connectivity index (χ4n) is 2.23. The van der Waals surface area contributed by atoms with E-state index in [4.69, 9.17) is 23.2 Å². The van der Waals surface area contributed by atoms with Crippen molar-refractivity contribution in [1.29, 1.82) is 0 Å². The normalized spacial score (nSPS) is 16.9. The number of hydrogen-bond acceptors (Lipinski definition) is 3. The highest BCUT2D eigenvalue weighted by Crippen LogP contribution is 2.32. The molecule has 0 aromatic heterocycles. The van der Waals surface area contributed by atoms with Gasteiger partial charge in [0.2, 0.25) is 10.0 Å². The van der Waals surface area contributed by atoms with Gasteiger partial charge in [0.15, 0.2) is 0 Å². The molecule has 1 N–H and O–H groups in total. The molecule has 0 bridgehead atoms. The highest BCUT2D eigenvalue weighted by atomic mass is 35.5. The molecule has 116 valence electrons. The van der Waals surface area contributed by atoms with Crippen LogP contribution in [0.15, 0.2) is 28.7 Å². The molecular formula is C14H18Cl2N2O2S. The van der Waals surface area contributed by atoms with Gasteiger partial charge in [-0.25, -0.2) is 8.42 Å². The second-order valence-electron chi connectivity index (χ2n) is 5.07. The smallest absolute Gasteiger partial charge is 0.244 e. The lowest BCUT2D eigenvalue weighted by Crippen LogP contribution is -2.35. The van der Waals surface area contributed by atoms with Crippen LogP contribution in [-0.4, -0.2) is 32.9 Å². The minimum Gasteiger partial charge on any atom is -0.316 e. The summed E-state index contributed by atoms with van der Waals surface area (Å²) in [6, 6.07) is 3.10. The van der Waals surface area contributed by atoms with Gasteiger partial charge in [0, 0.05) is 24.7 Å². The molecule has 1 aliphatic rings. The number of nitrogens with one attached hydrogen (secondary N) is 1. The lowest BCUT2D eigenvalue weighted by atomic mass is 10.1. The first kappa shape index (κ1) is 16.8. The zero-order valence-corrected chi connectivity index (χ0v) is 14.3. The van der Waals surface area contributed by atoms with E-state index in [1.807, 2.05) is 13.0 Å². The SMILES string of the molecule is CNCc1cc(Cl)cc(S(=O)(=O)N2CC=C(C)CC2)c1Cl. The number of benzene rings is 1. The van der Waals surface area contributed by atoms with Crippen LogP contribution >= 0.6 is 23.2 Å². The molecule has 4 nitrogen and oxygen atoms in total. The molecule has 0 atom stereocenters. The summed E-state index contributed by atoms with van der Waals surface area (Å²) in [6.07, 6.45) is 2.66. The maximum absolute atomic E-state index is 12.8. The fourth-order valence-corrected chi connectivity index (χ4v) is 4.52. The summed E-state index contributed by atoms with van der Waals surface area (Å²) >= 11 is 12.3. The molecular weight excluding hydrogens is 331 g/mol. The Labute approximate surface area is 135 Å². The predicted molar refractivity (Wildman–Crippen MR) is 86.4 cm³/mol. The van der Waals surface area contributed by atoms with Crippen LogP contribution in [0.1, 0.15) is 18.9 Å². The zero-order valence-electron chi connectivity index (χ0n) is 12.0. The van der Waals surface area contributed by atoms with E-state index < -0.39 is 10.0 Å². The molecule has 0 saturated carbocycles. The molecule has 0 spiro atoms. The Balaban J connectivity index is 2.45. The van der Waals surface area contributed by atoms with E-state index in [0.717, 1.165) is 6.42 Å². The van der Waals surface area contributed by atoms with Crippen molar-refractivity contribution in [2.45, 2.75) is 24.8 Å². The average Bonchev–Trinajstić information content (AvgIpc) is 2.43. The number of rotatable bonds is 4. The van der Waals surface area contributed by atoms with E-state index in [2.05, 4.69) is 5.32 Å². The van der Waals surface area contributed by atoms with Gasteiger partial charge in [-0.1, -0.05) is 34.9 Å². The van der Waals surface area contributed by atoms with Gasteiger partial charge >= 0.3 is 0 Å². The van der Waals surface area contributed by atoms with Gasteiger partial charge < -0.3 is 5.32 Å². The Morgan fingerprint density at radius 3 is 2.62 bits per heavy atom. The number of halogens is 2. The third-order valence-corrected chi connectivity index (χ3v) is 6.13. The molecule has 21 heavy (non-hydrogen) atoms. The van der Waals surface area contributed by atoms with Crippen molar-refractivity contribution in [2.75, 3.05) is 20.1 Å². The van der Waals surface area contributed by atoms with E-state index >= 15 is 0 Å². The molecule has 0 aliphatic carbocycles. The maximum Gasteiger partial charge on any atom is 0.244 e. The first-order valence-electron chi connectivity index (χ1n) is 6.64. The van der Waals surface area contributed by atoms with Crippen LogP contribution in [0.5, 0.6) is 0 Å². The van der Waals surface area contributed by atoms with E-state index in [0.29, 0.717) is 30.2 Å². The Bertz CT molecular complexity index is 672. The van der Waals surface area contributed by atoms with E-state index in [1.165, 1.54) is 15.9 Å². The molecule has 0 saturated heterocycles. The quantitative estimate of drug-likeness (QED) is 0.850. The van der Waals surface area contributed by atoms with Crippen molar-refractivity contribution in [3.05, 3.63) is 39.4 Å². The van der Waals surface area contributed by atoms with Gasteiger partial charge in [0.05, 0.1) is 5.02 Å². The molecule has 1 aromatic carbocycles. The van der Waals surface area contributed by atoms with Crippen LogP contribution in [0.2, 0.25) is 10.0 Å². The van der Waals surface area contributed by atoms with Crippen LogP contribution in [0, 0.1) is 0 Å². The molecule has 0 fully saturated rings. The Morgan fingerprint density at radius 2 is 2.05 bits per heavy atom. The van der Waals surface area contributed by atoms with Gasteiger partial charge in [-0.15, -0.1) is 0 Å². The topological polar surface area (TPSA) is 49.4 Å². The summed E-state index contributed by atoms with van der Waals surface area (Å²) in [6.45, 7) is 3.30. The summed E-state index contributed by atoms with van der Waals surface area (Å²) in [5.41, 5.74) is 1.88. The molecule has 7 heteroatoms. The number of hydrogen-bond donors (Lipinski definition) is 1. The monoisotopic (exact) mass is 348 g/mol. The molecule has 1 aromatic rings. The number of nitrogens with zero attached hydrogens (tertiary/aromatic N) is 1. The zero-order chi connectivity index (χ0) is 15.6. The average molecular weight is 349 g/mol. The first-order valence-corrected chi connectivity index (χ1v) is 8.84. The van der Waals surface area contributed by atoms with Crippen molar-refractivity contribution in [2.24, 2.45) is 0 Å². The minimum absolute atomic E-state index is 0.0786. The molecule has 0 radical (unpaired) electrons. The Morgan fingerprint density at radius 1 is 1.33 bits per heavy atom. The van der Waals surface area contributed by atoms with Crippen molar-refractivity contribution >= 4 is 33.2 Å². The highest BCUT2D eigenvalue weighted by Gasteiger charge is 2.28. The van der Waals surface area contributed by atoms with Crippen LogP contribution in [0.25, 0.3) is 0 Å². The Kier molecular flexibility index (Phi) is 5.33. The van der Waals surface area contributed by atoms with Crippen LogP contribution in [0.3, 0.4) is 0 Å². The molecule has 0 amide bonds. The van der Waals surface area contributed by atoms with Gasteiger partial charge in [0.1, 0.15) is 4.90 Å². The highest BCUT2D eigenvalue weighted by molar-refractivity contribution is 7.89. The second-order valence-corrected chi connectivity index (χ2v) is 7.79. The van der Waals surface area contributed by atoms with Gasteiger partial charge in [-0.3, -0.25) is 0 Å². The van der Waals surface area contributed by atoms with Crippen LogP contribution in [-0.2, 0) is 16.6 Å². The van der Waals surface area contributed by atoms with E-state index in [9.17, 15) is 8.42 Å². The summed E-state index contributed by atoms with van der Waals surface area (Å²) < 4.78 is 26.9. The molecule has 0 unspecified atom stereocenters. The third-order valence-electron chi connectivity index (χ3n) is 3.46. The van der Waals surface area contributed by atoms with Crippen molar-refractivity contribution < 1.29 is 8.42 Å². The first-order chi connectivity index (χ1) is 9.86. The van der Waals surface area contributed by atoms with Crippen molar-refractivity contribution in [3.8, 4) is 0 Å². The van der Waals surface area contributed by atoms with Gasteiger partial charge in [-0.2, -0.15) is 4.31 Å². The maximum atomic E-state index is 12.8. The largest absolute Gasteiger partial charge is 0.316 e. The fraction of sp³-hybridized carbons (Fsp3) is 0.429. The number of sulfonamides is 1. The Hall–Kier alpha value is -0.590. The van der Waals surface area contributed by atoms with Crippen LogP contribution in [0.4, 0.5) is 0 Å². The lowest BCUT2D eigenvalue weighted by Gasteiger charge is -2.25. The summed E-state index contributed by atoms with van der Waals surface area (Å²) in [5.74, 6) is 0. The van der Waals surface area contributed by atoms with Gasteiger partial charge in [0.25, 0.3) is 0 Å². The lowest BCUT2D eigenvalue weighted by molar-refractivity contribution is 0.431. The minimum atomic E-state index is -3.63. The predicted octanol–water partition coefficient (Wildman–Crippen LogP) is 3.05. The third kappa shape index (κ3) is 3.60. The summed E-state index contributed by atoms with van der Waals surface area (Å²) in [4.78, 5) is 0.0786. The van der Waals surface area contributed by atoms with E-state index in [1.54, 1.807) is 13.1 Å². The summed E-state index contributed by atoms with van der Waals surface area (Å²) in [7, 11) is -1.87.